The van der Waals surface area contributed by atoms with E-state index in [-0.39, 0.29) is 0 Å². The Hall–Kier alpha value is -1.85. The lowest BCUT2D eigenvalue weighted by molar-refractivity contribution is 0.104. The molecule has 5 heteroatoms. The molecule has 0 aliphatic heterocycles. The first-order chi connectivity index (χ1) is 10.1. The van der Waals surface area contributed by atoms with Crippen molar-refractivity contribution in [1.82, 2.24) is 14.7 Å². The van der Waals surface area contributed by atoms with Crippen LogP contribution in [0.2, 0.25) is 0 Å². The van der Waals surface area contributed by atoms with Gasteiger partial charge in [0, 0.05) is 19.3 Å². The molecule has 0 spiro atoms. The molecule has 1 aromatic carbocycles. The van der Waals surface area contributed by atoms with Gasteiger partial charge in [-0.3, -0.25) is 9.58 Å². The van der Waals surface area contributed by atoms with E-state index in [2.05, 4.69) is 41.2 Å². The number of aromatic nitrogens is 2. The maximum atomic E-state index is 10.1. The number of likely N-dealkylation sites (N-methyl/N-ethyl adjacent to an activating group) is 1. The van der Waals surface area contributed by atoms with E-state index >= 15 is 0 Å². The summed E-state index contributed by atoms with van der Waals surface area (Å²) in [6.45, 7) is 4.02. The van der Waals surface area contributed by atoms with E-state index in [1.165, 1.54) is 11.1 Å². The first kappa shape index (κ1) is 15.5. The van der Waals surface area contributed by atoms with Crippen molar-refractivity contribution >= 4 is 5.69 Å². The van der Waals surface area contributed by atoms with E-state index in [0.717, 1.165) is 13.0 Å². The minimum Gasteiger partial charge on any atom is -0.396 e. The van der Waals surface area contributed by atoms with Crippen molar-refractivity contribution < 1.29 is 5.11 Å². The first-order valence-corrected chi connectivity index (χ1v) is 7.29. The molecule has 1 unspecified atom stereocenters. The summed E-state index contributed by atoms with van der Waals surface area (Å²) >= 11 is 0. The largest absolute Gasteiger partial charge is 0.396 e. The summed E-state index contributed by atoms with van der Waals surface area (Å²) in [6.07, 6.45) is 3.91. The van der Waals surface area contributed by atoms with Gasteiger partial charge in [0.2, 0.25) is 0 Å². The highest BCUT2D eigenvalue weighted by Crippen LogP contribution is 2.08. The van der Waals surface area contributed by atoms with E-state index in [1.54, 1.807) is 17.1 Å². The number of hydrogen-bond donors (Lipinski definition) is 2. The second-order valence-electron chi connectivity index (χ2n) is 5.52. The Labute approximate surface area is 126 Å². The van der Waals surface area contributed by atoms with Crippen LogP contribution in [0.5, 0.6) is 0 Å². The lowest BCUT2D eigenvalue weighted by Gasteiger charge is -2.20. The molecule has 2 aromatic rings. The fourth-order valence-electron chi connectivity index (χ4n) is 2.37. The molecule has 0 fully saturated rings. The zero-order valence-corrected chi connectivity index (χ0v) is 12.7. The van der Waals surface area contributed by atoms with Gasteiger partial charge in [-0.15, -0.1) is 0 Å². The van der Waals surface area contributed by atoms with Gasteiger partial charge < -0.3 is 10.8 Å². The van der Waals surface area contributed by atoms with Crippen molar-refractivity contribution in [1.29, 1.82) is 0 Å². The summed E-state index contributed by atoms with van der Waals surface area (Å²) in [4.78, 5) is 2.11. The lowest BCUT2D eigenvalue weighted by atomic mass is 10.1. The zero-order valence-electron chi connectivity index (χ0n) is 12.7. The van der Waals surface area contributed by atoms with E-state index < -0.39 is 6.10 Å². The fraction of sp³-hybridized carbons (Fsp3) is 0.438. The van der Waals surface area contributed by atoms with Crippen molar-refractivity contribution in [3.05, 3.63) is 47.8 Å². The van der Waals surface area contributed by atoms with Gasteiger partial charge in [0.1, 0.15) is 0 Å². The summed E-state index contributed by atoms with van der Waals surface area (Å²) < 4.78 is 1.67. The molecule has 1 aromatic heterocycles. The van der Waals surface area contributed by atoms with Crippen molar-refractivity contribution in [3.8, 4) is 0 Å². The van der Waals surface area contributed by atoms with Crippen molar-refractivity contribution in [3.63, 3.8) is 0 Å². The molecule has 21 heavy (non-hydrogen) atoms. The average molecular weight is 288 g/mol. The van der Waals surface area contributed by atoms with Crippen LogP contribution in [0.4, 0.5) is 5.69 Å². The number of anilines is 1. The van der Waals surface area contributed by atoms with E-state index in [9.17, 15) is 5.11 Å². The summed E-state index contributed by atoms with van der Waals surface area (Å²) in [5.41, 5.74) is 8.82. The number of nitrogens with two attached hydrogens (primary N) is 1. The highest BCUT2D eigenvalue weighted by molar-refractivity contribution is 5.30. The maximum absolute atomic E-state index is 10.1. The first-order valence-electron chi connectivity index (χ1n) is 7.29. The third-order valence-electron chi connectivity index (χ3n) is 3.46. The Morgan fingerprint density at radius 1 is 1.29 bits per heavy atom. The van der Waals surface area contributed by atoms with Crippen LogP contribution in [-0.2, 0) is 19.5 Å². The van der Waals surface area contributed by atoms with Crippen LogP contribution in [0, 0.1) is 0 Å². The highest BCUT2D eigenvalue weighted by atomic mass is 16.3. The smallest absolute Gasteiger partial charge is 0.0862 e. The predicted molar refractivity (Wildman–Crippen MR) is 84.8 cm³/mol. The summed E-state index contributed by atoms with van der Waals surface area (Å²) in [5, 5.41) is 14.2. The maximum Gasteiger partial charge on any atom is 0.0862 e. The van der Waals surface area contributed by atoms with Crippen LogP contribution in [-0.4, -0.2) is 39.5 Å². The van der Waals surface area contributed by atoms with Crippen LogP contribution in [0.15, 0.2) is 36.7 Å². The third-order valence-corrected chi connectivity index (χ3v) is 3.46. The molecule has 3 N–H and O–H groups in total. The van der Waals surface area contributed by atoms with Crippen LogP contribution < -0.4 is 5.73 Å². The quantitative estimate of drug-likeness (QED) is 0.810. The van der Waals surface area contributed by atoms with Crippen LogP contribution in [0.3, 0.4) is 0 Å². The minimum absolute atomic E-state index is 0.455. The average Bonchev–Trinajstić information content (AvgIpc) is 2.84. The zero-order chi connectivity index (χ0) is 15.2. The topological polar surface area (TPSA) is 67.3 Å². The molecule has 114 valence electrons. The SMILES string of the molecule is CCc1ccc(CN(C)CC(O)Cn2cc(N)cn2)cc1. The molecule has 0 aliphatic carbocycles. The monoisotopic (exact) mass is 288 g/mol. The molecule has 0 radical (unpaired) electrons. The number of aliphatic hydroxyl groups is 1. The van der Waals surface area contributed by atoms with Crippen LogP contribution in [0.25, 0.3) is 0 Å². The molecule has 0 saturated heterocycles. The van der Waals surface area contributed by atoms with Gasteiger partial charge in [-0.25, -0.2) is 0 Å². The Morgan fingerprint density at radius 2 is 1.95 bits per heavy atom. The van der Waals surface area contributed by atoms with Gasteiger partial charge in [0.05, 0.1) is 24.5 Å². The Bertz CT molecular complexity index is 550. The number of nitrogen functional groups attached to an aromatic ring is 1. The molecule has 5 nitrogen and oxygen atoms in total. The van der Waals surface area contributed by atoms with Crippen molar-refractivity contribution in [2.75, 3.05) is 19.3 Å². The number of hydrogen-bond acceptors (Lipinski definition) is 4. The molecule has 2 rings (SSSR count). The number of aryl methyl sites for hydroxylation is 1. The second kappa shape index (κ2) is 7.24. The number of benzene rings is 1. The van der Waals surface area contributed by atoms with Crippen LogP contribution in [0.1, 0.15) is 18.1 Å². The standard InChI is InChI=1S/C16H24N4O/c1-3-13-4-6-14(7-5-13)9-19(2)11-16(21)12-20-10-15(17)8-18-20/h4-8,10,16,21H,3,9,11-12,17H2,1-2H3. The molecular formula is C16H24N4O. The van der Waals surface area contributed by atoms with Gasteiger partial charge in [0.25, 0.3) is 0 Å². The Morgan fingerprint density at radius 3 is 2.52 bits per heavy atom. The Kier molecular flexibility index (Phi) is 5.36. The van der Waals surface area contributed by atoms with Gasteiger partial charge in [-0.05, 0) is 24.6 Å². The Balaban J connectivity index is 1.81. The molecule has 0 bridgehead atoms. The summed E-state index contributed by atoms with van der Waals surface area (Å²) in [6, 6.07) is 8.62. The van der Waals surface area contributed by atoms with Gasteiger partial charge >= 0.3 is 0 Å². The van der Waals surface area contributed by atoms with Gasteiger partial charge in [-0.1, -0.05) is 31.2 Å². The minimum atomic E-state index is -0.468. The van der Waals surface area contributed by atoms with E-state index in [4.69, 9.17) is 5.73 Å². The van der Waals surface area contributed by atoms with Gasteiger partial charge in [-0.2, -0.15) is 5.10 Å². The van der Waals surface area contributed by atoms with E-state index in [1.807, 2.05) is 7.05 Å². The number of rotatable bonds is 7. The molecule has 0 saturated carbocycles. The normalized spacial score (nSPS) is 12.8. The third kappa shape index (κ3) is 4.88. The summed E-state index contributed by atoms with van der Waals surface area (Å²) in [5.74, 6) is 0. The number of nitrogens with zero attached hydrogens (tertiary/aromatic N) is 3. The second-order valence-corrected chi connectivity index (χ2v) is 5.52. The molecule has 1 heterocycles. The number of aliphatic hydroxyl groups excluding tert-OH is 1. The summed E-state index contributed by atoms with van der Waals surface area (Å²) in [7, 11) is 2.01. The van der Waals surface area contributed by atoms with Crippen molar-refractivity contribution in [2.45, 2.75) is 32.5 Å². The predicted octanol–water partition coefficient (Wildman–Crippen LogP) is 1.52. The van der Waals surface area contributed by atoms with E-state index in [0.29, 0.717) is 18.8 Å². The van der Waals surface area contributed by atoms with Crippen LogP contribution >= 0.6 is 0 Å². The molecule has 0 amide bonds. The fourth-order valence-corrected chi connectivity index (χ4v) is 2.37. The molecule has 1 atom stereocenters. The lowest BCUT2D eigenvalue weighted by Crippen LogP contribution is -2.31. The van der Waals surface area contributed by atoms with Crippen molar-refractivity contribution in [2.24, 2.45) is 0 Å². The highest BCUT2D eigenvalue weighted by Gasteiger charge is 2.10. The molecular weight excluding hydrogens is 264 g/mol. The molecule has 0 aliphatic rings. The van der Waals surface area contributed by atoms with Gasteiger partial charge in [0.15, 0.2) is 0 Å².